The second kappa shape index (κ2) is 7.77. The van der Waals surface area contributed by atoms with Crippen LogP contribution < -0.4 is 5.32 Å². The van der Waals surface area contributed by atoms with Crippen molar-refractivity contribution in [1.29, 1.82) is 0 Å². The molecule has 0 saturated heterocycles. The maximum absolute atomic E-state index is 12.1. The number of carbonyl (C=O) groups is 2. The van der Waals surface area contributed by atoms with Crippen LogP contribution in [0.3, 0.4) is 0 Å². The monoisotopic (exact) mass is 351 g/mol. The fourth-order valence-electron chi connectivity index (χ4n) is 2.62. The molecule has 0 spiro atoms. The summed E-state index contributed by atoms with van der Waals surface area (Å²) in [6.07, 6.45) is 4.27. The molecule has 26 heavy (non-hydrogen) atoms. The number of aromatic nitrogens is 3. The van der Waals surface area contributed by atoms with Gasteiger partial charge >= 0.3 is 0 Å². The van der Waals surface area contributed by atoms with E-state index >= 15 is 0 Å². The first kappa shape index (κ1) is 17.6. The van der Waals surface area contributed by atoms with E-state index in [0.29, 0.717) is 24.9 Å². The van der Waals surface area contributed by atoms with E-state index in [1.807, 2.05) is 18.2 Å². The predicted octanol–water partition coefficient (Wildman–Crippen LogP) is 1.91. The normalized spacial score (nSPS) is 10.7. The molecule has 0 saturated carbocycles. The average Bonchev–Trinajstić information content (AvgIpc) is 3.07. The van der Waals surface area contributed by atoms with Crippen LogP contribution >= 0.6 is 0 Å². The second-order valence-corrected chi connectivity index (χ2v) is 6.25. The zero-order valence-corrected chi connectivity index (χ0v) is 14.8. The fraction of sp³-hybridized carbons (Fsp3) is 0.263. The SMILES string of the molecule is CN(C)C(=O)c1cccc(CNC(=O)CCc2nc3ccncc3[nH]2)c1. The summed E-state index contributed by atoms with van der Waals surface area (Å²) in [7, 11) is 3.43. The highest BCUT2D eigenvalue weighted by atomic mass is 16.2. The van der Waals surface area contributed by atoms with E-state index < -0.39 is 0 Å². The van der Waals surface area contributed by atoms with E-state index in [2.05, 4.69) is 20.3 Å². The highest BCUT2D eigenvalue weighted by Crippen LogP contribution is 2.10. The third-order valence-corrected chi connectivity index (χ3v) is 3.99. The zero-order chi connectivity index (χ0) is 18.5. The quantitative estimate of drug-likeness (QED) is 0.710. The molecule has 0 aliphatic carbocycles. The van der Waals surface area contributed by atoms with Crippen LogP contribution in [-0.4, -0.2) is 45.8 Å². The Bertz CT molecular complexity index is 899. The Morgan fingerprint density at radius 1 is 1.23 bits per heavy atom. The molecule has 0 fully saturated rings. The molecule has 2 heterocycles. The molecule has 0 aliphatic rings. The number of fused-ring (bicyclic) bond motifs is 1. The molecular formula is C19H21N5O2. The maximum Gasteiger partial charge on any atom is 0.253 e. The molecule has 7 heteroatoms. The Balaban J connectivity index is 1.52. The molecule has 0 bridgehead atoms. The van der Waals surface area contributed by atoms with E-state index in [1.54, 1.807) is 38.6 Å². The zero-order valence-electron chi connectivity index (χ0n) is 14.8. The summed E-state index contributed by atoms with van der Waals surface area (Å²) in [5.41, 5.74) is 3.21. The number of amides is 2. The minimum Gasteiger partial charge on any atom is -0.352 e. The number of nitrogens with one attached hydrogen (secondary N) is 2. The molecule has 3 aromatic rings. The van der Waals surface area contributed by atoms with Gasteiger partial charge in [0.05, 0.1) is 17.2 Å². The van der Waals surface area contributed by atoms with Gasteiger partial charge in [0.25, 0.3) is 5.91 Å². The average molecular weight is 351 g/mol. The lowest BCUT2D eigenvalue weighted by Crippen LogP contribution is -2.24. The van der Waals surface area contributed by atoms with Crippen molar-refractivity contribution in [1.82, 2.24) is 25.2 Å². The predicted molar refractivity (Wildman–Crippen MR) is 98.5 cm³/mol. The summed E-state index contributed by atoms with van der Waals surface area (Å²) in [6.45, 7) is 0.386. The molecule has 0 unspecified atom stereocenters. The molecule has 0 atom stereocenters. The van der Waals surface area contributed by atoms with Crippen LogP contribution in [0, 0.1) is 0 Å². The van der Waals surface area contributed by atoms with Crippen molar-refractivity contribution in [2.45, 2.75) is 19.4 Å². The Labute approximate surface area is 151 Å². The van der Waals surface area contributed by atoms with Crippen molar-refractivity contribution in [3.63, 3.8) is 0 Å². The van der Waals surface area contributed by atoms with Gasteiger partial charge in [-0.05, 0) is 23.8 Å². The van der Waals surface area contributed by atoms with E-state index in [9.17, 15) is 9.59 Å². The van der Waals surface area contributed by atoms with Gasteiger partial charge in [-0.1, -0.05) is 12.1 Å². The first-order valence-electron chi connectivity index (χ1n) is 8.39. The molecule has 0 aliphatic heterocycles. The highest BCUT2D eigenvalue weighted by molar-refractivity contribution is 5.94. The third-order valence-electron chi connectivity index (χ3n) is 3.99. The molecule has 7 nitrogen and oxygen atoms in total. The van der Waals surface area contributed by atoms with Crippen molar-refractivity contribution in [2.75, 3.05) is 14.1 Å². The summed E-state index contributed by atoms with van der Waals surface area (Å²) in [5.74, 6) is 0.646. The van der Waals surface area contributed by atoms with Crippen LogP contribution in [-0.2, 0) is 17.8 Å². The molecule has 3 rings (SSSR count). The number of pyridine rings is 1. The summed E-state index contributed by atoms with van der Waals surface area (Å²) < 4.78 is 0. The van der Waals surface area contributed by atoms with Gasteiger partial charge < -0.3 is 15.2 Å². The molecule has 2 aromatic heterocycles. The van der Waals surface area contributed by atoms with Crippen LogP contribution in [0.2, 0.25) is 0 Å². The summed E-state index contributed by atoms with van der Waals surface area (Å²) in [4.78, 5) is 37.2. The van der Waals surface area contributed by atoms with Crippen molar-refractivity contribution >= 4 is 22.8 Å². The van der Waals surface area contributed by atoms with Gasteiger partial charge in [-0.25, -0.2) is 4.98 Å². The van der Waals surface area contributed by atoms with E-state index in [4.69, 9.17) is 0 Å². The standard InChI is InChI=1S/C19H21N5O2/c1-24(2)19(26)14-5-3-4-13(10-14)11-21-18(25)7-6-17-22-15-8-9-20-12-16(15)23-17/h3-5,8-10,12H,6-7,11H2,1-2H3,(H,21,25)(H,22,23). The molecule has 2 amide bonds. The molecule has 1 aromatic carbocycles. The van der Waals surface area contributed by atoms with E-state index in [0.717, 1.165) is 22.4 Å². The number of benzene rings is 1. The van der Waals surface area contributed by atoms with Gasteiger partial charge in [-0.15, -0.1) is 0 Å². The van der Waals surface area contributed by atoms with Crippen molar-refractivity contribution in [3.8, 4) is 0 Å². The lowest BCUT2D eigenvalue weighted by molar-refractivity contribution is -0.121. The topological polar surface area (TPSA) is 91.0 Å². The van der Waals surface area contributed by atoms with Gasteiger partial charge in [0.1, 0.15) is 5.82 Å². The number of carbonyl (C=O) groups excluding carboxylic acids is 2. The first-order chi connectivity index (χ1) is 12.5. The van der Waals surface area contributed by atoms with Crippen LogP contribution in [0.4, 0.5) is 0 Å². The number of aromatic amines is 1. The van der Waals surface area contributed by atoms with E-state index in [1.165, 1.54) is 4.90 Å². The number of aryl methyl sites for hydroxylation is 1. The minimum absolute atomic E-state index is 0.0578. The number of hydrogen-bond donors (Lipinski definition) is 2. The van der Waals surface area contributed by atoms with Crippen LogP contribution in [0.15, 0.2) is 42.7 Å². The van der Waals surface area contributed by atoms with Crippen molar-refractivity contribution in [3.05, 3.63) is 59.7 Å². The Morgan fingerprint density at radius 2 is 2.08 bits per heavy atom. The Morgan fingerprint density at radius 3 is 2.85 bits per heavy atom. The third kappa shape index (κ3) is 4.24. The number of rotatable bonds is 6. The summed E-state index contributed by atoms with van der Waals surface area (Å²) >= 11 is 0. The van der Waals surface area contributed by atoms with Crippen LogP contribution in [0.1, 0.15) is 28.2 Å². The summed E-state index contributed by atoms with van der Waals surface area (Å²) in [6, 6.07) is 9.11. The molecule has 0 radical (unpaired) electrons. The fourth-order valence-corrected chi connectivity index (χ4v) is 2.62. The number of H-pyrrole nitrogens is 1. The minimum atomic E-state index is -0.0621. The highest BCUT2D eigenvalue weighted by Gasteiger charge is 2.09. The number of nitrogens with zero attached hydrogens (tertiary/aromatic N) is 3. The summed E-state index contributed by atoms with van der Waals surface area (Å²) in [5, 5.41) is 2.88. The number of hydrogen-bond acceptors (Lipinski definition) is 4. The second-order valence-electron chi connectivity index (χ2n) is 6.25. The Hall–Kier alpha value is -3.22. The molecule has 2 N–H and O–H groups in total. The first-order valence-corrected chi connectivity index (χ1v) is 8.39. The van der Waals surface area contributed by atoms with E-state index in [-0.39, 0.29) is 11.8 Å². The van der Waals surface area contributed by atoms with Gasteiger partial charge in [0, 0.05) is 45.2 Å². The van der Waals surface area contributed by atoms with Crippen molar-refractivity contribution < 1.29 is 9.59 Å². The van der Waals surface area contributed by atoms with Gasteiger partial charge in [-0.2, -0.15) is 0 Å². The number of imidazole rings is 1. The van der Waals surface area contributed by atoms with Gasteiger partial charge in [-0.3, -0.25) is 14.6 Å². The van der Waals surface area contributed by atoms with Crippen molar-refractivity contribution in [2.24, 2.45) is 0 Å². The smallest absolute Gasteiger partial charge is 0.253 e. The lowest BCUT2D eigenvalue weighted by atomic mass is 10.1. The Kier molecular flexibility index (Phi) is 5.26. The maximum atomic E-state index is 12.1. The largest absolute Gasteiger partial charge is 0.352 e. The lowest BCUT2D eigenvalue weighted by Gasteiger charge is -2.11. The molecule has 134 valence electrons. The van der Waals surface area contributed by atoms with Crippen LogP contribution in [0.5, 0.6) is 0 Å². The molecular weight excluding hydrogens is 330 g/mol. The van der Waals surface area contributed by atoms with Gasteiger partial charge in [0.2, 0.25) is 5.91 Å². The van der Waals surface area contributed by atoms with Gasteiger partial charge in [0.15, 0.2) is 0 Å². The van der Waals surface area contributed by atoms with Crippen LogP contribution in [0.25, 0.3) is 11.0 Å².